The van der Waals surface area contributed by atoms with Crippen LogP contribution in [0.4, 0.5) is 0 Å². The Labute approximate surface area is 234 Å². The summed E-state index contributed by atoms with van der Waals surface area (Å²) in [5.41, 5.74) is 2.90. The average Bonchev–Trinajstić information content (AvgIpc) is 3.49. The van der Waals surface area contributed by atoms with Crippen LogP contribution < -0.4 is 0 Å². The SMILES string of the molecule is [2H]c1cc(C(C)(C)C)cc(C([2H])([2H])[2H])c1-c1cc(-c2cccc3c2oc2cc(C4=NC(C)(C)CO4)ccc23)ncc1C([2H])([2H])[2H]. The summed E-state index contributed by atoms with van der Waals surface area (Å²) in [6.45, 7) is 5.12. The lowest BCUT2D eigenvalue weighted by Gasteiger charge is -2.21. The first-order valence-electron chi connectivity index (χ1n) is 16.2. The Kier molecular flexibility index (Phi) is 3.95. The van der Waals surface area contributed by atoms with Gasteiger partial charge >= 0.3 is 0 Å². The molecule has 0 bridgehead atoms. The zero-order valence-corrected chi connectivity index (χ0v) is 22.2. The number of hydrogen-bond acceptors (Lipinski definition) is 4. The number of benzene rings is 3. The fraction of sp³-hybridized carbons (Fsp3) is 0.294. The standard InChI is InChI=1S/C34H34N2O2/c1-20-15-23(33(3,4)5)12-14-24(20)28-17-29(35-18-21(28)2)27-10-8-9-26-25-13-11-22(16-30(25)38-31(26)27)32-36-34(6,7)19-37-32/h8-18H,19H2,1-7H3/i1D3,2D3,14D. The molecule has 3 aromatic carbocycles. The molecule has 1 aliphatic rings. The Hall–Kier alpha value is -3.92. The Balaban J connectivity index is 1.57. The highest BCUT2D eigenvalue weighted by atomic mass is 16.5. The van der Waals surface area contributed by atoms with Crippen LogP contribution in [0, 0.1) is 13.7 Å². The van der Waals surface area contributed by atoms with Crippen molar-refractivity contribution >= 4 is 27.8 Å². The number of nitrogens with zero attached hydrogens (tertiary/aromatic N) is 2. The summed E-state index contributed by atoms with van der Waals surface area (Å²) in [5, 5.41) is 1.72. The van der Waals surface area contributed by atoms with Gasteiger partial charge in [-0.25, -0.2) is 4.99 Å². The van der Waals surface area contributed by atoms with E-state index in [0.717, 1.165) is 16.3 Å². The number of aliphatic imine (C=N–C) groups is 1. The van der Waals surface area contributed by atoms with E-state index in [1.54, 1.807) is 18.2 Å². The topological polar surface area (TPSA) is 47.6 Å². The highest BCUT2D eigenvalue weighted by Gasteiger charge is 2.27. The number of hydrogen-bond donors (Lipinski definition) is 0. The Morgan fingerprint density at radius 1 is 0.921 bits per heavy atom. The number of rotatable bonds is 3. The van der Waals surface area contributed by atoms with Gasteiger partial charge in [-0.05, 0) is 91.1 Å². The molecule has 0 N–H and O–H groups in total. The average molecular weight is 510 g/mol. The predicted octanol–water partition coefficient (Wildman–Crippen LogP) is 8.78. The molecule has 38 heavy (non-hydrogen) atoms. The van der Waals surface area contributed by atoms with Crippen LogP contribution in [0.25, 0.3) is 44.3 Å². The molecule has 0 atom stereocenters. The molecule has 5 aromatic rings. The fourth-order valence-corrected chi connectivity index (χ4v) is 4.83. The Morgan fingerprint density at radius 3 is 2.50 bits per heavy atom. The van der Waals surface area contributed by atoms with Crippen molar-refractivity contribution in [3.8, 4) is 22.4 Å². The van der Waals surface area contributed by atoms with E-state index < -0.39 is 19.1 Å². The van der Waals surface area contributed by atoms with Crippen molar-refractivity contribution in [2.24, 2.45) is 4.99 Å². The minimum Gasteiger partial charge on any atom is -0.475 e. The maximum absolute atomic E-state index is 8.95. The number of aryl methyl sites for hydroxylation is 2. The van der Waals surface area contributed by atoms with Crippen LogP contribution in [0.15, 0.2) is 76.2 Å². The number of furan rings is 1. The molecule has 3 heterocycles. The van der Waals surface area contributed by atoms with Crippen molar-refractivity contribution < 1.29 is 18.7 Å². The number of para-hydroxylation sites is 1. The number of ether oxygens (including phenoxy) is 1. The summed E-state index contributed by atoms with van der Waals surface area (Å²) in [6.07, 6.45) is 1.26. The lowest BCUT2D eigenvalue weighted by atomic mass is 9.84. The highest BCUT2D eigenvalue weighted by molar-refractivity contribution is 6.11. The molecule has 1 aliphatic heterocycles. The summed E-state index contributed by atoms with van der Waals surface area (Å²) in [6, 6.07) is 16.1. The van der Waals surface area contributed by atoms with Crippen LogP contribution in [0.2, 0.25) is 0 Å². The molecule has 0 saturated heterocycles. The summed E-state index contributed by atoms with van der Waals surface area (Å²) >= 11 is 0. The Bertz CT molecular complexity index is 2010. The molecule has 0 aliphatic carbocycles. The second-order valence-corrected chi connectivity index (χ2v) is 11.6. The van der Waals surface area contributed by atoms with Gasteiger partial charge in [-0.3, -0.25) is 4.98 Å². The molecule has 4 heteroatoms. The third kappa shape index (κ3) is 4.18. The second-order valence-electron chi connectivity index (χ2n) is 11.6. The lowest BCUT2D eigenvalue weighted by Crippen LogP contribution is -2.17. The maximum atomic E-state index is 8.95. The quantitative estimate of drug-likeness (QED) is 0.244. The van der Waals surface area contributed by atoms with Crippen molar-refractivity contribution in [3.05, 3.63) is 89.1 Å². The number of aromatic nitrogens is 1. The second kappa shape index (κ2) is 8.56. The first-order chi connectivity index (χ1) is 20.8. The largest absolute Gasteiger partial charge is 0.475 e. The number of pyridine rings is 1. The van der Waals surface area contributed by atoms with Crippen molar-refractivity contribution in [3.63, 3.8) is 0 Å². The maximum Gasteiger partial charge on any atom is 0.216 e. The van der Waals surface area contributed by atoms with Crippen LogP contribution >= 0.6 is 0 Å². The van der Waals surface area contributed by atoms with Gasteiger partial charge in [0.1, 0.15) is 17.8 Å². The van der Waals surface area contributed by atoms with Gasteiger partial charge in [-0.2, -0.15) is 0 Å². The summed E-state index contributed by atoms with van der Waals surface area (Å²) in [7, 11) is 0. The van der Waals surface area contributed by atoms with E-state index in [9.17, 15) is 0 Å². The van der Waals surface area contributed by atoms with Crippen molar-refractivity contribution in [2.45, 2.75) is 59.3 Å². The first kappa shape index (κ1) is 17.6. The van der Waals surface area contributed by atoms with Crippen molar-refractivity contribution in [1.29, 1.82) is 0 Å². The van der Waals surface area contributed by atoms with Gasteiger partial charge < -0.3 is 9.15 Å². The van der Waals surface area contributed by atoms with E-state index in [1.807, 2.05) is 71.0 Å². The smallest absolute Gasteiger partial charge is 0.216 e. The van der Waals surface area contributed by atoms with Crippen LogP contribution in [0.1, 0.15) is 66.5 Å². The number of fused-ring (bicyclic) bond motifs is 3. The fourth-order valence-electron chi connectivity index (χ4n) is 4.83. The molecule has 192 valence electrons. The van der Waals surface area contributed by atoms with Gasteiger partial charge in [0.05, 0.1) is 12.6 Å². The molecule has 2 aromatic heterocycles. The zero-order chi connectivity index (χ0) is 32.7. The van der Waals surface area contributed by atoms with E-state index in [0.29, 0.717) is 40.5 Å². The van der Waals surface area contributed by atoms with Gasteiger partial charge in [-0.1, -0.05) is 51.1 Å². The molecule has 0 saturated carbocycles. The molecule has 6 rings (SSSR count). The van der Waals surface area contributed by atoms with E-state index in [4.69, 9.17) is 18.7 Å². The first-order valence-corrected chi connectivity index (χ1v) is 12.7. The van der Waals surface area contributed by atoms with Gasteiger partial charge in [0.25, 0.3) is 0 Å². The highest BCUT2D eigenvalue weighted by Crippen LogP contribution is 2.38. The minimum atomic E-state index is -2.61. The molecule has 0 spiro atoms. The van der Waals surface area contributed by atoms with Gasteiger partial charge in [0, 0.05) is 36.3 Å². The summed E-state index contributed by atoms with van der Waals surface area (Å²) in [5.74, 6) is 0.558. The van der Waals surface area contributed by atoms with Gasteiger partial charge in [0.15, 0.2) is 0 Å². The van der Waals surface area contributed by atoms with Gasteiger partial charge in [-0.15, -0.1) is 0 Å². The molecule has 4 nitrogen and oxygen atoms in total. The zero-order valence-electron chi connectivity index (χ0n) is 29.2. The predicted molar refractivity (Wildman–Crippen MR) is 157 cm³/mol. The molecule has 0 amide bonds. The van der Waals surface area contributed by atoms with E-state index >= 15 is 0 Å². The normalized spacial score (nSPS) is 18.6. The molecular weight excluding hydrogens is 468 g/mol. The summed E-state index contributed by atoms with van der Waals surface area (Å²) in [4.78, 5) is 9.21. The molecular formula is C34H34N2O2. The lowest BCUT2D eigenvalue weighted by molar-refractivity contribution is 0.279. The summed E-state index contributed by atoms with van der Waals surface area (Å²) < 4.78 is 70.9. The van der Waals surface area contributed by atoms with Gasteiger partial charge in [0.2, 0.25) is 5.90 Å². The van der Waals surface area contributed by atoms with Crippen molar-refractivity contribution in [1.82, 2.24) is 4.98 Å². The van der Waals surface area contributed by atoms with Crippen LogP contribution in [-0.4, -0.2) is 23.0 Å². The van der Waals surface area contributed by atoms with E-state index in [2.05, 4.69) is 9.98 Å². The minimum absolute atomic E-state index is 0.0551. The van der Waals surface area contributed by atoms with Crippen LogP contribution in [-0.2, 0) is 10.2 Å². The molecule has 0 radical (unpaired) electrons. The van der Waals surface area contributed by atoms with Crippen LogP contribution in [0.3, 0.4) is 0 Å². The Morgan fingerprint density at radius 2 is 1.76 bits per heavy atom. The van der Waals surface area contributed by atoms with E-state index in [1.165, 1.54) is 6.20 Å². The third-order valence-electron chi connectivity index (χ3n) is 6.97. The van der Waals surface area contributed by atoms with Crippen molar-refractivity contribution in [2.75, 3.05) is 6.61 Å². The molecule has 0 unspecified atom stereocenters. The van der Waals surface area contributed by atoms with E-state index in [-0.39, 0.29) is 33.8 Å². The monoisotopic (exact) mass is 509 g/mol. The van der Waals surface area contributed by atoms with Crippen LogP contribution in [0.5, 0.6) is 0 Å². The third-order valence-corrected chi connectivity index (χ3v) is 6.97. The molecule has 0 fully saturated rings.